The lowest BCUT2D eigenvalue weighted by atomic mass is 9.87. The van der Waals surface area contributed by atoms with Gasteiger partial charge in [-0.1, -0.05) is 25.1 Å². The van der Waals surface area contributed by atoms with Crippen LogP contribution in [0.25, 0.3) is 0 Å². The number of fused-ring (bicyclic) bond motifs is 1. The van der Waals surface area contributed by atoms with Crippen LogP contribution in [0.2, 0.25) is 0 Å². The van der Waals surface area contributed by atoms with Crippen LogP contribution >= 0.6 is 0 Å². The number of hydrogen-bond acceptors (Lipinski definition) is 5. The van der Waals surface area contributed by atoms with E-state index < -0.39 is 17.8 Å². The summed E-state index contributed by atoms with van der Waals surface area (Å²) in [5, 5.41) is 2.91. The maximum atomic E-state index is 12.6. The average Bonchev–Trinajstić information content (AvgIpc) is 3.04. The van der Waals surface area contributed by atoms with Gasteiger partial charge in [-0.05, 0) is 61.9 Å². The first-order valence-electron chi connectivity index (χ1n) is 10.5. The maximum Gasteiger partial charge on any atom is 0.338 e. The highest BCUT2D eigenvalue weighted by molar-refractivity contribution is 6.34. The summed E-state index contributed by atoms with van der Waals surface area (Å²) in [5.74, 6) is -1.21. The van der Waals surface area contributed by atoms with Gasteiger partial charge in [-0.15, -0.1) is 0 Å². The Morgan fingerprint density at radius 2 is 1.61 bits per heavy atom. The van der Waals surface area contributed by atoms with Crippen LogP contribution in [0.3, 0.4) is 0 Å². The summed E-state index contributed by atoms with van der Waals surface area (Å²) in [4.78, 5) is 50.9. The summed E-state index contributed by atoms with van der Waals surface area (Å²) < 4.78 is 5.15. The van der Waals surface area contributed by atoms with Crippen LogP contribution < -0.4 is 10.2 Å². The van der Waals surface area contributed by atoms with Crippen LogP contribution in [-0.4, -0.2) is 36.3 Å². The first-order valence-corrected chi connectivity index (χ1v) is 10.5. The van der Waals surface area contributed by atoms with Gasteiger partial charge in [-0.2, -0.15) is 0 Å². The third kappa shape index (κ3) is 4.35. The van der Waals surface area contributed by atoms with Gasteiger partial charge in [0.1, 0.15) is 0 Å². The summed E-state index contributed by atoms with van der Waals surface area (Å²) in [6, 6.07) is 12.8. The number of anilines is 1. The molecule has 1 fully saturated rings. The van der Waals surface area contributed by atoms with E-state index in [9.17, 15) is 19.2 Å². The lowest BCUT2D eigenvalue weighted by molar-refractivity contribution is -0.125. The smallest absolute Gasteiger partial charge is 0.338 e. The van der Waals surface area contributed by atoms with Crippen LogP contribution in [0.5, 0.6) is 0 Å². The lowest BCUT2D eigenvalue weighted by Gasteiger charge is -2.26. The summed E-state index contributed by atoms with van der Waals surface area (Å²) in [7, 11) is 0. The molecular formula is C24H24N2O5. The molecule has 1 N–H and O–H groups in total. The van der Waals surface area contributed by atoms with E-state index in [1.807, 2.05) is 0 Å². The van der Waals surface area contributed by atoms with Gasteiger partial charge < -0.3 is 10.1 Å². The number of rotatable bonds is 5. The first kappa shape index (κ1) is 20.8. The monoisotopic (exact) mass is 420 g/mol. The minimum atomic E-state index is -0.689. The Kier molecular flexibility index (Phi) is 5.84. The Morgan fingerprint density at radius 3 is 2.26 bits per heavy atom. The number of nitrogens with zero attached hydrogens (tertiary/aromatic N) is 1. The Morgan fingerprint density at radius 1 is 0.968 bits per heavy atom. The second-order valence-electron chi connectivity index (χ2n) is 8.14. The van der Waals surface area contributed by atoms with Crippen molar-refractivity contribution in [3.05, 3.63) is 65.2 Å². The van der Waals surface area contributed by atoms with Gasteiger partial charge in [0.15, 0.2) is 6.61 Å². The van der Waals surface area contributed by atoms with Gasteiger partial charge >= 0.3 is 5.97 Å². The summed E-state index contributed by atoms with van der Waals surface area (Å²) in [6.45, 7) is 1.83. The van der Waals surface area contributed by atoms with Crippen LogP contribution in [0.1, 0.15) is 63.7 Å². The third-order valence-corrected chi connectivity index (χ3v) is 5.85. The zero-order valence-corrected chi connectivity index (χ0v) is 17.3. The minimum absolute atomic E-state index is 0.125. The number of amides is 3. The Labute approximate surface area is 180 Å². The average molecular weight is 420 g/mol. The molecule has 2 aromatic carbocycles. The zero-order valence-electron chi connectivity index (χ0n) is 17.3. The molecule has 3 amide bonds. The molecule has 7 heteroatoms. The van der Waals surface area contributed by atoms with Crippen molar-refractivity contribution in [2.75, 3.05) is 11.5 Å². The van der Waals surface area contributed by atoms with Crippen molar-refractivity contribution in [1.29, 1.82) is 0 Å². The van der Waals surface area contributed by atoms with Crippen LogP contribution in [-0.2, 0) is 9.53 Å². The van der Waals surface area contributed by atoms with Gasteiger partial charge in [0.25, 0.3) is 17.7 Å². The van der Waals surface area contributed by atoms with Crippen LogP contribution in [0.15, 0.2) is 48.5 Å². The van der Waals surface area contributed by atoms with Crippen molar-refractivity contribution >= 4 is 29.4 Å². The summed E-state index contributed by atoms with van der Waals surface area (Å²) in [5.41, 5.74) is 1.10. The molecule has 7 nitrogen and oxygen atoms in total. The largest absolute Gasteiger partial charge is 0.452 e. The molecule has 0 spiro atoms. The van der Waals surface area contributed by atoms with Crippen molar-refractivity contribution in [2.24, 2.45) is 5.92 Å². The molecule has 0 aromatic heterocycles. The fraction of sp³-hybridized carbons (Fsp3) is 0.333. The van der Waals surface area contributed by atoms with Gasteiger partial charge in [0.05, 0.1) is 22.4 Å². The number of nitrogens with one attached hydrogen (secondary N) is 1. The van der Waals surface area contributed by atoms with Crippen molar-refractivity contribution in [1.82, 2.24) is 5.32 Å². The molecule has 4 rings (SSSR count). The van der Waals surface area contributed by atoms with Gasteiger partial charge in [0, 0.05) is 6.04 Å². The maximum absolute atomic E-state index is 12.6. The minimum Gasteiger partial charge on any atom is -0.452 e. The predicted octanol–water partition coefficient (Wildman–Crippen LogP) is 3.34. The summed E-state index contributed by atoms with van der Waals surface area (Å²) in [6.07, 6.45) is 4.02. The van der Waals surface area contributed by atoms with E-state index in [1.165, 1.54) is 12.1 Å². The van der Waals surface area contributed by atoms with Gasteiger partial charge in [-0.25, -0.2) is 9.69 Å². The standard InChI is InChI=1S/C24H24N2O5/c1-15-9-11-17(12-10-15)25-21(27)14-31-24(30)16-5-4-6-18(13-16)26-22(28)19-7-2-3-8-20(19)23(26)29/h2-8,13,15,17H,9-12,14H2,1H3,(H,25,27). The molecule has 160 valence electrons. The molecule has 2 aromatic rings. The Bertz CT molecular complexity index is 1000. The SMILES string of the molecule is CC1CCC(NC(=O)COC(=O)c2cccc(N3C(=O)c4ccccc4C3=O)c2)CC1. The molecule has 1 heterocycles. The Balaban J connectivity index is 1.38. The second kappa shape index (κ2) is 8.71. The Hall–Kier alpha value is -3.48. The van der Waals surface area contributed by atoms with Crippen molar-refractivity contribution in [3.8, 4) is 0 Å². The number of benzene rings is 2. The van der Waals surface area contributed by atoms with Crippen molar-refractivity contribution < 1.29 is 23.9 Å². The van der Waals surface area contributed by atoms with E-state index in [4.69, 9.17) is 4.74 Å². The number of esters is 1. The number of carbonyl (C=O) groups excluding carboxylic acids is 4. The van der Waals surface area contributed by atoms with Gasteiger partial charge in [-0.3, -0.25) is 14.4 Å². The number of imide groups is 1. The topological polar surface area (TPSA) is 92.8 Å². The van der Waals surface area contributed by atoms with Gasteiger partial charge in [0.2, 0.25) is 0 Å². The van der Waals surface area contributed by atoms with E-state index in [0.29, 0.717) is 17.0 Å². The molecule has 1 aliphatic heterocycles. The highest BCUT2D eigenvalue weighted by Gasteiger charge is 2.36. The van der Waals surface area contributed by atoms with E-state index in [1.54, 1.807) is 36.4 Å². The molecule has 0 atom stereocenters. The number of hydrogen-bond donors (Lipinski definition) is 1. The van der Waals surface area contributed by atoms with E-state index >= 15 is 0 Å². The molecular weight excluding hydrogens is 396 g/mol. The normalized spacial score (nSPS) is 20.4. The summed E-state index contributed by atoms with van der Waals surface area (Å²) >= 11 is 0. The highest BCUT2D eigenvalue weighted by Crippen LogP contribution is 2.29. The molecule has 1 aliphatic carbocycles. The van der Waals surface area contributed by atoms with E-state index in [0.717, 1.165) is 30.6 Å². The molecule has 0 unspecified atom stereocenters. The quantitative estimate of drug-likeness (QED) is 0.592. The number of ether oxygens (including phenoxy) is 1. The first-order chi connectivity index (χ1) is 14.9. The van der Waals surface area contributed by atoms with E-state index in [-0.39, 0.29) is 29.8 Å². The van der Waals surface area contributed by atoms with E-state index in [2.05, 4.69) is 12.2 Å². The molecule has 0 saturated heterocycles. The second-order valence-corrected chi connectivity index (χ2v) is 8.14. The molecule has 1 saturated carbocycles. The third-order valence-electron chi connectivity index (χ3n) is 5.85. The van der Waals surface area contributed by atoms with Crippen molar-refractivity contribution in [2.45, 2.75) is 38.6 Å². The highest BCUT2D eigenvalue weighted by atomic mass is 16.5. The lowest BCUT2D eigenvalue weighted by Crippen LogP contribution is -2.39. The zero-order chi connectivity index (χ0) is 22.0. The fourth-order valence-electron chi connectivity index (χ4n) is 4.08. The molecule has 31 heavy (non-hydrogen) atoms. The fourth-order valence-corrected chi connectivity index (χ4v) is 4.08. The number of carbonyl (C=O) groups is 4. The molecule has 0 bridgehead atoms. The van der Waals surface area contributed by atoms with Crippen molar-refractivity contribution in [3.63, 3.8) is 0 Å². The molecule has 2 aliphatic rings. The molecule has 0 radical (unpaired) electrons. The van der Waals surface area contributed by atoms with Crippen LogP contribution in [0, 0.1) is 5.92 Å². The predicted molar refractivity (Wildman–Crippen MR) is 114 cm³/mol. The van der Waals surface area contributed by atoms with Crippen LogP contribution in [0.4, 0.5) is 5.69 Å².